The van der Waals surface area contributed by atoms with Gasteiger partial charge in [0.1, 0.15) is 6.04 Å². The number of anilines is 2. The molecule has 4 atom stereocenters. The van der Waals surface area contributed by atoms with Gasteiger partial charge in [-0.25, -0.2) is 4.85 Å². The molecule has 3 aromatic rings. The lowest BCUT2D eigenvalue weighted by atomic mass is 9.76. The maximum absolute atomic E-state index is 13.4. The van der Waals surface area contributed by atoms with Crippen molar-refractivity contribution in [1.82, 2.24) is 20.4 Å². The van der Waals surface area contributed by atoms with E-state index in [-0.39, 0.29) is 30.7 Å². The van der Waals surface area contributed by atoms with Gasteiger partial charge in [0, 0.05) is 79.7 Å². The first kappa shape index (κ1) is 37.3. The van der Waals surface area contributed by atoms with E-state index in [4.69, 9.17) is 18.2 Å². The molecule has 9 rings (SSSR count). The Morgan fingerprint density at radius 2 is 1.54 bits per heavy atom. The van der Waals surface area contributed by atoms with Crippen molar-refractivity contribution >= 4 is 58.2 Å². The highest BCUT2D eigenvalue weighted by Gasteiger charge is 2.45. The zero-order valence-electron chi connectivity index (χ0n) is 31.8. The third kappa shape index (κ3) is 7.16. The summed E-state index contributed by atoms with van der Waals surface area (Å²) < 4.78 is 0. The number of piperidine rings is 3. The predicted octanol–water partition coefficient (Wildman–Crippen LogP) is 6.09. The summed E-state index contributed by atoms with van der Waals surface area (Å²) in [6.45, 7) is 12.5. The molecule has 294 valence electrons. The zero-order chi connectivity index (χ0) is 39.4. The summed E-state index contributed by atoms with van der Waals surface area (Å²) in [4.78, 5) is 75.9. The number of fused-ring (bicyclic) bond motifs is 3. The number of hydrogen-bond donors (Lipinski definition) is 2. The van der Waals surface area contributed by atoms with Crippen LogP contribution in [0.5, 0.6) is 0 Å². The number of benzene rings is 3. The van der Waals surface area contributed by atoms with Crippen molar-refractivity contribution < 1.29 is 24.0 Å². The second kappa shape index (κ2) is 15.3. The lowest BCUT2D eigenvalue weighted by Gasteiger charge is -2.47. The molecule has 1 unspecified atom stereocenters. The van der Waals surface area contributed by atoms with E-state index in [2.05, 4.69) is 42.3 Å². The van der Waals surface area contributed by atoms with Crippen LogP contribution in [-0.4, -0.2) is 83.6 Å². The average Bonchev–Trinajstić information content (AvgIpc) is 3.72. The van der Waals surface area contributed by atoms with Crippen LogP contribution in [0.2, 0.25) is 5.02 Å². The van der Waals surface area contributed by atoms with Gasteiger partial charge in [0.25, 0.3) is 17.7 Å². The molecule has 5 aliphatic heterocycles. The second-order valence-electron chi connectivity index (χ2n) is 16.7. The lowest BCUT2D eigenvalue weighted by Crippen LogP contribution is -2.54. The molecule has 0 spiro atoms. The minimum absolute atomic E-state index is 0.0184. The number of nitrogens with one attached hydrogen (secondary N) is 2. The second-order valence-corrected chi connectivity index (χ2v) is 17.1. The third-order valence-electron chi connectivity index (χ3n) is 13.2. The van der Waals surface area contributed by atoms with Crippen molar-refractivity contribution in [2.75, 3.05) is 36.0 Å². The number of carbonyl (C=O) groups excluding carboxylic acids is 5. The third-order valence-corrected chi connectivity index (χ3v) is 13.5. The van der Waals surface area contributed by atoms with Crippen LogP contribution >= 0.6 is 11.6 Å². The number of imide groups is 2. The van der Waals surface area contributed by atoms with Crippen LogP contribution in [-0.2, 0) is 22.7 Å². The molecule has 2 N–H and O–H groups in total. The van der Waals surface area contributed by atoms with Crippen LogP contribution in [0.25, 0.3) is 4.85 Å². The monoisotopic (exact) mass is 787 g/mol. The van der Waals surface area contributed by atoms with Gasteiger partial charge >= 0.3 is 0 Å². The SMILES string of the molecule is [C-]#[N+]c1ccc(N2CCC[C@@H]3C[C@H](NC(=O)c4ccc(N5CCC(CN6Cc7cc8c(cc7C6)C(=O)N(C6CCC(=O)NC6=O)C8=O)CC5)cc4)CC[C@H]32)cc1Cl. The Hall–Kier alpha value is -5.25. The Labute approximate surface area is 337 Å². The largest absolute Gasteiger partial charge is 0.372 e. The van der Waals surface area contributed by atoms with Crippen LogP contribution in [0.1, 0.15) is 100.0 Å². The molecule has 12 nitrogen and oxygen atoms in total. The summed E-state index contributed by atoms with van der Waals surface area (Å²) >= 11 is 6.39. The number of hydrogen-bond acceptors (Lipinski definition) is 8. The minimum atomic E-state index is -0.959. The molecule has 3 saturated heterocycles. The Balaban J connectivity index is 0.741. The van der Waals surface area contributed by atoms with E-state index in [0.717, 1.165) is 98.5 Å². The highest BCUT2D eigenvalue weighted by molar-refractivity contribution is 6.33. The summed E-state index contributed by atoms with van der Waals surface area (Å²) in [5.41, 5.74) is 6.14. The zero-order valence-corrected chi connectivity index (χ0v) is 32.6. The van der Waals surface area contributed by atoms with Gasteiger partial charge in [-0.3, -0.25) is 39.1 Å². The van der Waals surface area contributed by atoms with Crippen molar-refractivity contribution in [3.63, 3.8) is 0 Å². The predicted molar refractivity (Wildman–Crippen MR) is 215 cm³/mol. The molecule has 1 saturated carbocycles. The molecule has 57 heavy (non-hydrogen) atoms. The Morgan fingerprint density at radius 1 is 0.842 bits per heavy atom. The van der Waals surface area contributed by atoms with Crippen molar-refractivity contribution in [2.24, 2.45) is 11.8 Å². The van der Waals surface area contributed by atoms with Gasteiger partial charge in [0.2, 0.25) is 17.5 Å². The summed E-state index contributed by atoms with van der Waals surface area (Å²) in [6.07, 6.45) is 7.49. The summed E-state index contributed by atoms with van der Waals surface area (Å²) in [5.74, 6) is -0.904. The highest BCUT2D eigenvalue weighted by Crippen LogP contribution is 2.40. The van der Waals surface area contributed by atoms with Crippen LogP contribution in [0, 0.1) is 18.4 Å². The van der Waals surface area contributed by atoms with E-state index < -0.39 is 23.8 Å². The summed E-state index contributed by atoms with van der Waals surface area (Å²) in [5, 5.41) is 6.09. The van der Waals surface area contributed by atoms with Gasteiger partial charge in [-0.2, -0.15) is 0 Å². The molecule has 0 bridgehead atoms. The fourth-order valence-corrected chi connectivity index (χ4v) is 10.5. The number of nitrogens with zero attached hydrogens (tertiary/aromatic N) is 5. The van der Waals surface area contributed by atoms with Crippen molar-refractivity contribution in [3.05, 3.63) is 98.9 Å². The first-order valence-electron chi connectivity index (χ1n) is 20.3. The topological polar surface area (TPSA) is 127 Å². The average molecular weight is 788 g/mol. The van der Waals surface area contributed by atoms with Crippen molar-refractivity contribution in [1.29, 1.82) is 0 Å². The normalized spacial score (nSPS) is 25.2. The van der Waals surface area contributed by atoms with E-state index >= 15 is 0 Å². The Kier molecular flexibility index (Phi) is 9.99. The molecule has 1 aliphatic carbocycles. The first-order valence-corrected chi connectivity index (χ1v) is 20.7. The molecule has 3 aromatic carbocycles. The standard InChI is InChI=1S/C44H46ClN7O5/c1-46-37-10-9-33(22-36(37)45)51-16-2-3-28-19-31(6-11-38(28)51)47-41(54)27-4-7-32(8-5-27)50-17-14-26(15-18-50)23-49-24-29-20-34-35(21-30(29)25-49)44(57)52(43(34)56)39-12-13-40(53)48-42(39)55/h4-5,7-10,20-22,26,28,31,38-39H,2-3,6,11-19,23-25H2,(H,47,54)(H,48,53,55)/t28-,31-,38-,39?/m1/s1. The molecule has 13 heteroatoms. The summed E-state index contributed by atoms with van der Waals surface area (Å²) in [6, 6.07) is 17.0. The first-order chi connectivity index (χ1) is 27.6. The van der Waals surface area contributed by atoms with Crippen LogP contribution < -0.4 is 20.4 Å². The fourth-order valence-electron chi connectivity index (χ4n) is 10.3. The highest BCUT2D eigenvalue weighted by atomic mass is 35.5. The number of amides is 5. The van der Waals surface area contributed by atoms with Gasteiger partial charge in [-0.05, 0) is 123 Å². The number of rotatable bonds is 7. The van der Waals surface area contributed by atoms with E-state index in [0.29, 0.717) is 58.4 Å². The van der Waals surface area contributed by atoms with Gasteiger partial charge in [0.15, 0.2) is 0 Å². The molecular formula is C44H46ClN7O5. The quantitative estimate of drug-likeness (QED) is 0.218. The van der Waals surface area contributed by atoms with Gasteiger partial charge < -0.3 is 15.1 Å². The smallest absolute Gasteiger partial charge is 0.262 e. The van der Waals surface area contributed by atoms with Crippen molar-refractivity contribution in [2.45, 2.75) is 89.0 Å². The minimum Gasteiger partial charge on any atom is -0.372 e. The molecule has 0 radical (unpaired) electrons. The fraction of sp³-hybridized carbons (Fsp3) is 0.455. The van der Waals surface area contributed by atoms with Crippen LogP contribution in [0.15, 0.2) is 54.6 Å². The van der Waals surface area contributed by atoms with Gasteiger partial charge in [-0.15, -0.1) is 0 Å². The number of carbonyl (C=O) groups is 5. The summed E-state index contributed by atoms with van der Waals surface area (Å²) in [7, 11) is 0. The maximum Gasteiger partial charge on any atom is 0.262 e. The van der Waals surface area contributed by atoms with E-state index in [1.54, 1.807) is 0 Å². The van der Waals surface area contributed by atoms with Gasteiger partial charge in [-0.1, -0.05) is 17.7 Å². The Morgan fingerprint density at radius 3 is 2.21 bits per heavy atom. The number of halogens is 1. The molecule has 0 aromatic heterocycles. The maximum atomic E-state index is 13.4. The molecule has 6 aliphatic rings. The lowest BCUT2D eigenvalue weighted by molar-refractivity contribution is -0.136. The molecule has 5 heterocycles. The van der Waals surface area contributed by atoms with Crippen LogP contribution in [0.4, 0.5) is 17.1 Å². The van der Waals surface area contributed by atoms with Crippen LogP contribution in [0.3, 0.4) is 0 Å². The van der Waals surface area contributed by atoms with E-state index in [1.807, 2.05) is 42.5 Å². The Bertz CT molecular complexity index is 2150. The molecule has 4 fully saturated rings. The molecular weight excluding hydrogens is 742 g/mol. The van der Waals surface area contributed by atoms with E-state index in [9.17, 15) is 24.0 Å². The van der Waals surface area contributed by atoms with Gasteiger partial charge in [0.05, 0.1) is 17.7 Å². The molecule has 5 amide bonds. The van der Waals surface area contributed by atoms with E-state index in [1.165, 1.54) is 0 Å². The van der Waals surface area contributed by atoms with Crippen molar-refractivity contribution in [3.8, 4) is 0 Å².